The lowest BCUT2D eigenvalue weighted by atomic mass is 9.34. The molecule has 0 aliphatic carbocycles. The van der Waals surface area contributed by atoms with Crippen LogP contribution in [0.4, 0.5) is 0 Å². The summed E-state index contributed by atoms with van der Waals surface area (Å²) in [6.07, 6.45) is 0. The van der Waals surface area contributed by atoms with E-state index in [1.807, 2.05) is 0 Å². The molecule has 50 heavy (non-hydrogen) atoms. The van der Waals surface area contributed by atoms with Gasteiger partial charge in [-0.15, -0.1) is 0 Å². The van der Waals surface area contributed by atoms with Gasteiger partial charge >= 0.3 is 0 Å². The van der Waals surface area contributed by atoms with Gasteiger partial charge in [-0.3, -0.25) is 0 Å². The topological polar surface area (TPSA) is 18.5 Å². The summed E-state index contributed by atoms with van der Waals surface area (Å²) in [6, 6.07) is 58.8. The van der Waals surface area contributed by atoms with Gasteiger partial charge in [-0.05, 0) is 90.1 Å². The lowest BCUT2D eigenvalue weighted by molar-refractivity contribution is 0.463. The molecule has 2 heterocycles. The number of benzene rings is 8. The first-order valence-electron chi connectivity index (χ1n) is 17.4. The third kappa shape index (κ3) is 4.30. The summed E-state index contributed by atoms with van der Waals surface area (Å²) in [7, 11) is 0. The van der Waals surface area contributed by atoms with Gasteiger partial charge in [0.15, 0.2) is 0 Å². The second kappa shape index (κ2) is 11.0. The Hall–Kier alpha value is -6.06. The molecule has 3 heteroatoms. The number of ether oxygens (including phenoxy) is 2. The number of hydrogen-bond acceptors (Lipinski definition) is 2. The standard InChI is InChI=1S/C47H33BO2/c1-47(2,32-17-7-4-8-18-32)33-25-26-39-41(29-33)50-43-28-31(27-42-46(43)48(39)38-23-13-14-24-40(38)49-42)45-36-21-11-9-19-34(36)44(30-15-5-3-6-16-30)35-20-10-12-22-37(35)45/h3-29H,1-2H3. The Labute approximate surface area is 292 Å². The zero-order valence-electron chi connectivity index (χ0n) is 28.0. The van der Waals surface area contributed by atoms with Crippen LogP contribution in [0.5, 0.6) is 23.0 Å². The first-order valence-corrected chi connectivity index (χ1v) is 17.4. The molecule has 0 radical (unpaired) electrons. The molecule has 0 saturated heterocycles. The molecule has 0 aromatic heterocycles. The maximum atomic E-state index is 7.01. The van der Waals surface area contributed by atoms with Crippen LogP contribution in [-0.4, -0.2) is 6.71 Å². The Balaban J connectivity index is 1.22. The highest BCUT2D eigenvalue weighted by molar-refractivity contribution is 6.98. The number of rotatable bonds is 4. The molecule has 0 atom stereocenters. The zero-order valence-corrected chi connectivity index (χ0v) is 28.0. The predicted octanol–water partition coefficient (Wildman–Crippen LogP) is 10.4. The summed E-state index contributed by atoms with van der Waals surface area (Å²) in [5.74, 6) is 3.49. The molecule has 8 aromatic carbocycles. The van der Waals surface area contributed by atoms with Crippen LogP contribution in [0.1, 0.15) is 25.0 Å². The molecule has 0 spiro atoms. The van der Waals surface area contributed by atoms with Crippen LogP contribution in [0.3, 0.4) is 0 Å². The van der Waals surface area contributed by atoms with Crippen molar-refractivity contribution >= 4 is 44.6 Å². The number of para-hydroxylation sites is 1. The van der Waals surface area contributed by atoms with E-state index < -0.39 is 0 Å². The van der Waals surface area contributed by atoms with Crippen LogP contribution < -0.4 is 25.9 Å². The molecule has 8 aromatic rings. The molecule has 2 nitrogen and oxygen atoms in total. The van der Waals surface area contributed by atoms with Crippen molar-refractivity contribution in [3.8, 4) is 45.3 Å². The minimum Gasteiger partial charge on any atom is -0.458 e. The molecule has 0 bridgehead atoms. The monoisotopic (exact) mass is 640 g/mol. The average Bonchev–Trinajstić information content (AvgIpc) is 3.17. The van der Waals surface area contributed by atoms with Crippen molar-refractivity contribution in [2.24, 2.45) is 0 Å². The van der Waals surface area contributed by atoms with E-state index in [0.29, 0.717) is 0 Å². The van der Waals surface area contributed by atoms with Crippen molar-refractivity contribution in [2.45, 2.75) is 19.3 Å². The van der Waals surface area contributed by atoms with Gasteiger partial charge in [-0.2, -0.15) is 0 Å². The molecule has 0 N–H and O–H groups in total. The Bertz CT molecular complexity index is 2570. The van der Waals surface area contributed by atoms with Gasteiger partial charge in [-0.25, -0.2) is 0 Å². The van der Waals surface area contributed by atoms with E-state index >= 15 is 0 Å². The number of fused-ring (bicyclic) bond motifs is 6. The average molecular weight is 641 g/mol. The smallest absolute Gasteiger partial charge is 0.260 e. The van der Waals surface area contributed by atoms with E-state index in [0.717, 1.165) is 44.9 Å². The Morgan fingerprint density at radius 3 is 1.54 bits per heavy atom. The van der Waals surface area contributed by atoms with Crippen molar-refractivity contribution in [1.29, 1.82) is 0 Å². The minimum atomic E-state index is -0.196. The van der Waals surface area contributed by atoms with Gasteiger partial charge in [0.2, 0.25) is 0 Å². The first kappa shape index (κ1) is 28.9. The highest BCUT2D eigenvalue weighted by atomic mass is 16.5. The van der Waals surface area contributed by atoms with Gasteiger partial charge in [0.05, 0.1) is 0 Å². The molecule has 0 fully saturated rings. The van der Waals surface area contributed by atoms with E-state index in [1.165, 1.54) is 49.4 Å². The summed E-state index contributed by atoms with van der Waals surface area (Å²) in [4.78, 5) is 0. The molecular formula is C47H33BO2. The molecule has 2 aliphatic heterocycles. The third-order valence-corrected chi connectivity index (χ3v) is 10.9. The van der Waals surface area contributed by atoms with Gasteiger partial charge < -0.3 is 9.47 Å². The van der Waals surface area contributed by atoms with Crippen LogP contribution in [0.25, 0.3) is 43.8 Å². The van der Waals surface area contributed by atoms with E-state index in [4.69, 9.17) is 9.47 Å². The van der Waals surface area contributed by atoms with E-state index in [9.17, 15) is 0 Å². The molecule has 0 amide bonds. The molecule has 0 unspecified atom stereocenters. The first-order chi connectivity index (χ1) is 24.6. The molecule has 0 saturated carbocycles. The summed E-state index contributed by atoms with van der Waals surface area (Å²) < 4.78 is 13.8. The van der Waals surface area contributed by atoms with Gasteiger partial charge in [-0.1, -0.05) is 153 Å². The van der Waals surface area contributed by atoms with Crippen LogP contribution >= 0.6 is 0 Å². The molecule has 236 valence electrons. The van der Waals surface area contributed by atoms with Gasteiger partial charge in [0, 0.05) is 10.9 Å². The van der Waals surface area contributed by atoms with E-state index in [-0.39, 0.29) is 12.1 Å². The van der Waals surface area contributed by atoms with E-state index in [2.05, 4.69) is 178 Å². The SMILES string of the molecule is CC(C)(c1ccccc1)c1ccc2c(c1)Oc1cc(-c3c4ccccc4c(-c4ccccc4)c4ccccc34)cc3c1B2c1ccccc1O3. The van der Waals surface area contributed by atoms with Crippen molar-refractivity contribution < 1.29 is 9.47 Å². The second-order valence-corrected chi connectivity index (χ2v) is 14.0. The fraction of sp³-hybridized carbons (Fsp3) is 0.0638. The van der Waals surface area contributed by atoms with Crippen LogP contribution in [0, 0.1) is 0 Å². The van der Waals surface area contributed by atoms with Gasteiger partial charge in [0.1, 0.15) is 23.0 Å². The van der Waals surface area contributed by atoms with Gasteiger partial charge in [0.25, 0.3) is 6.71 Å². The number of hydrogen-bond donors (Lipinski definition) is 0. The largest absolute Gasteiger partial charge is 0.458 e. The Morgan fingerprint density at radius 1 is 0.400 bits per heavy atom. The Morgan fingerprint density at radius 2 is 0.900 bits per heavy atom. The van der Waals surface area contributed by atoms with Crippen LogP contribution in [0.2, 0.25) is 0 Å². The zero-order chi connectivity index (χ0) is 33.4. The minimum absolute atomic E-state index is 0.00517. The molecule has 2 aliphatic rings. The van der Waals surface area contributed by atoms with Crippen molar-refractivity contribution in [2.75, 3.05) is 0 Å². The fourth-order valence-corrected chi connectivity index (χ4v) is 8.35. The van der Waals surface area contributed by atoms with Crippen molar-refractivity contribution in [3.63, 3.8) is 0 Å². The van der Waals surface area contributed by atoms with Crippen LogP contribution in [-0.2, 0) is 5.41 Å². The quantitative estimate of drug-likeness (QED) is 0.141. The molecule has 10 rings (SSSR count). The third-order valence-electron chi connectivity index (χ3n) is 10.9. The van der Waals surface area contributed by atoms with Crippen molar-refractivity contribution in [3.05, 3.63) is 175 Å². The Kier molecular flexibility index (Phi) is 6.35. The lowest BCUT2D eigenvalue weighted by Crippen LogP contribution is -2.57. The summed E-state index contributed by atoms with van der Waals surface area (Å²) in [6.45, 7) is 4.58. The second-order valence-electron chi connectivity index (χ2n) is 14.0. The normalized spacial score (nSPS) is 12.9. The maximum absolute atomic E-state index is 7.01. The lowest BCUT2D eigenvalue weighted by Gasteiger charge is -2.35. The highest BCUT2D eigenvalue weighted by Gasteiger charge is 2.41. The summed E-state index contributed by atoms with van der Waals surface area (Å²) >= 11 is 0. The van der Waals surface area contributed by atoms with Crippen LogP contribution in [0.15, 0.2) is 164 Å². The van der Waals surface area contributed by atoms with Crippen molar-refractivity contribution in [1.82, 2.24) is 0 Å². The summed E-state index contributed by atoms with van der Waals surface area (Å²) in [5, 5.41) is 4.85. The van der Waals surface area contributed by atoms with E-state index in [1.54, 1.807) is 0 Å². The highest BCUT2D eigenvalue weighted by Crippen LogP contribution is 2.46. The maximum Gasteiger partial charge on any atom is 0.260 e. The summed E-state index contributed by atoms with van der Waals surface area (Å²) in [5.41, 5.74) is 10.4. The predicted molar refractivity (Wildman–Crippen MR) is 209 cm³/mol. The molecular weight excluding hydrogens is 607 g/mol. The fourth-order valence-electron chi connectivity index (χ4n) is 8.35.